The van der Waals surface area contributed by atoms with E-state index in [4.69, 9.17) is 28.4 Å². The molecule has 1 saturated heterocycles. The first-order valence-corrected chi connectivity index (χ1v) is 13.3. The topological polar surface area (TPSA) is 91.0 Å². The van der Waals surface area contributed by atoms with E-state index < -0.39 is 0 Å². The van der Waals surface area contributed by atoms with Crippen molar-refractivity contribution in [2.75, 3.05) is 87.2 Å². The lowest BCUT2D eigenvalue weighted by Gasteiger charge is -2.22. The summed E-state index contributed by atoms with van der Waals surface area (Å²) >= 11 is 0. The van der Waals surface area contributed by atoms with Crippen molar-refractivity contribution < 1.29 is 33.2 Å². The standard InChI is InChI=1S/C29H43N3O7/c1-34-23-17-21(18-24(35-2)28(23)38-5)10-14-32-13-8-12-31(15-16-32)11-7-9-27(33)30-22-19-25(36-3)29(39-6)26(20-22)37-4/h17-20H,7-16H2,1-6H3,(H,30,33). The lowest BCUT2D eigenvalue weighted by Crippen LogP contribution is -2.32. The number of carbonyl (C=O) groups is 1. The van der Waals surface area contributed by atoms with Crippen molar-refractivity contribution in [3.8, 4) is 34.5 Å². The summed E-state index contributed by atoms with van der Waals surface area (Å²) in [4.78, 5) is 17.6. The molecular formula is C29H43N3O7. The molecule has 10 heteroatoms. The van der Waals surface area contributed by atoms with Crippen molar-refractivity contribution in [3.05, 3.63) is 29.8 Å². The SMILES string of the molecule is COc1cc(CCN2CCCN(CCCC(=O)Nc3cc(OC)c(OC)c(OC)c3)CC2)cc(OC)c1OC. The molecule has 2 aromatic carbocycles. The zero-order chi connectivity index (χ0) is 28.2. The van der Waals surface area contributed by atoms with Gasteiger partial charge in [-0.05, 0) is 56.6 Å². The largest absolute Gasteiger partial charge is 0.493 e. The summed E-state index contributed by atoms with van der Waals surface area (Å²) in [6.07, 6.45) is 3.24. The number of nitrogens with one attached hydrogen (secondary N) is 1. The van der Waals surface area contributed by atoms with E-state index >= 15 is 0 Å². The van der Waals surface area contributed by atoms with Crippen LogP contribution in [0.2, 0.25) is 0 Å². The highest BCUT2D eigenvalue weighted by Crippen LogP contribution is 2.40. The molecule has 1 N–H and O–H groups in total. The average molecular weight is 546 g/mol. The smallest absolute Gasteiger partial charge is 0.224 e. The molecule has 1 heterocycles. The fraction of sp³-hybridized carbons (Fsp3) is 0.552. The van der Waals surface area contributed by atoms with Gasteiger partial charge in [-0.15, -0.1) is 0 Å². The Labute approximate surface area is 232 Å². The van der Waals surface area contributed by atoms with Crippen LogP contribution in [0.15, 0.2) is 24.3 Å². The van der Waals surface area contributed by atoms with Gasteiger partial charge in [-0.25, -0.2) is 0 Å². The molecular weight excluding hydrogens is 502 g/mol. The number of rotatable bonds is 14. The molecule has 0 bridgehead atoms. The molecule has 10 nitrogen and oxygen atoms in total. The number of carbonyl (C=O) groups excluding carboxylic acids is 1. The summed E-state index contributed by atoms with van der Waals surface area (Å²) < 4.78 is 32.5. The van der Waals surface area contributed by atoms with Crippen LogP contribution in [0.4, 0.5) is 5.69 Å². The van der Waals surface area contributed by atoms with Crippen LogP contribution in [-0.4, -0.2) is 97.6 Å². The molecule has 1 aliphatic heterocycles. The molecule has 3 rings (SSSR count). The van der Waals surface area contributed by atoms with E-state index in [0.717, 1.165) is 64.1 Å². The van der Waals surface area contributed by atoms with Crippen LogP contribution >= 0.6 is 0 Å². The highest BCUT2D eigenvalue weighted by molar-refractivity contribution is 5.91. The average Bonchev–Trinajstić information content (AvgIpc) is 3.19. The number of hydrogen-bond donors (Lipinski definition) is 1. The number of ether oxygens (including phenoxy) is 6. The van der Waals surface area contributed by atoms with Crippen LogP contribution in [0.1, 0.15) is 24.8 Å². The molecule has 1 amide bonds. The molecule has 0 radical (unpaired) electrons. The molecule has 39 heavy (non-hydrogen) atoms. The normalized spacial score (nSPS) is 14.3. The minimum atomic E-state index is -0.0360. The van der Waals surface area contributed by atoms with Gasteiger partial charge in [0, 0.05) is 43.9 Å². The fourth-order valence-electron chi connectivity index (χ4n) is 4.88. The van der Waals surface area contributed by atoms with E-state index in [1.807, 2.05) is 12.1 Å². The molecule has 216 valence electrons. The van der Waals surface area contributed by atoms with Crippen LogP contribution in [-0.2, 0) is 11.2 Å². The van der Waals surface area contributed by atoms with Crippen molar-refractivity contribution in [1.29, 1.82) is 0 Å². The number of nitrogens with zero attached hydrogens (tertiary/aromatic N) is 2. The number of amides is 1. The zero-order valence-electron chi connectivity index (χ0n) is 24.1. The van der Waals surface area contributed by atoms with Crippen molar-refractivity contribution in [2.24, 2.45) is 0 Å². The lowest BCUT2D eigenvalue weighted by atomic mass is 10.1. The van der Waals surface area contributed by atoms with Crippen molar-refractivity contribution in [2.45, 2.75) is 25.7 Å². The maximum absolute atomic E-state index is 12.6. The summed E-state index contributed by atoms with van der Waals surface area (Å²) in [5.41, 5.74) is 1.77. The quantitative estimate of drug-likeness (QED) is 0.382. The Bertz CT molecular complexity index is 1030. The van der Waals surface area contributed by atoms with E-state index in [0.29, 0.717) is 46.6 Å². The molecule has 0 spiro atoms. The number of hydrogen-bond acceptors (Lipinski definition) is 9. The van der Waals surface area contributed by atoms with Gasteiger partial charge in [0.05, 0.1) is 42.7 Å². The summed E-state index contributed by atoms with van der Waals surface area (Å²) in [6.45, 7) is 5.94. The predicted octanol–water partition coefficient (Wildman–Crippen LogP) is 3.71. The molecule has 1 aliphatic rings. The van der Waals surface area contributed by atoms with Gasteiger partial charge in [0.15, 0.2) is 23.0 Å². The van der Waals surface area contributed by atoms with Gasteiger partial charge >= 0.3 is 0 Å². The summed E-state index contributed by atoms with van der Waals surface area (Å²) in [6, 6.07) is 7.52. The van der Waals surface area contributed by atoms with Crippen molar-refractivity contribution in [1.82, 2.24) is 9.80 Å². The second-order valence-corrected chi connectivity index (χ2v) is 9.39. The first-order chi connectivity index (χ1) is 19.0. The van der Waals surface area contributed by atoms with Gasteiger partial charge in [-0.3, -0.25) is 4.79 Å². The first-order valence-electron chi connectivity index (χ1n) is 13.3. The third-order valence-corrected chi connectivity index (χ3v) is 6.95. The van der Waals surface area contributed by atoms with Gasteiger partial charge in [0.1, 0.15) is 0 Å². The number of benzene rings is 2. The second kappa shape index (κ2) is 15.3. The molecule has 1 fully saturated rings. The molecule has 0 aromatic heterocycles. The molecule has 0 atom stereocenters. The maximum Gasteiger partial charge on any atom is 0.224 e. The van der Waals surface area contributed by atoms with E-state index in [1.54, 1.807) is 54.8 Å². The minimum Gasteiger partial charge on any atom is -0.493 e. The second-order valence-electron chi connectivity index (χ2n) is 9.39. The van der Waals surface area contributed by atoms with Crippen molar-refractivity contribution >= 4 is 11.6 Å². The predicted molar refractivity (Wildman–Crippen MR) is 151 cm³/mol. The Balaban J connectivity index is 1.44. The molecule has 2 aromatic rings. The van der Waals surface area contributed by atoms with Gasteiger partial charge in [0.25, 0.3) is 0 Å². The lowest BCUT2D eigenvalue weighted by molar-refractivity contribution is -0.116. The van der Waals surface area contributed by atoms with Crippen LogP contribution in [0.3, 0.4) is 0 Å². The number of anilines is 1. The van der Waals surface area contributed by atoms with Gasteiger partial charge in [-0.1, -0.05) is 0 Å². The van der Waals surface area contributed by atoms with Crippen LogP contribution in [0.5, 0.6) is 34.5 Å². The Kier molecular flexibility index (Phi) is 11.8. The minimum absolute atomic E-state index is 0.0360. The zero-order valence-corrected chi connectivity index (χ0v) is 24.1. The van der Waals surface area contributed by atoms with Crippen LogP contribution in [0, 0.1) is 0 Å². The summed E-state index contributed by atoms with van der Waals surface area (Å²) in [5, 5.41) is 2.95. The highest BCUT2D eigenvalue weighted by atomic mass is 16.5. The Morgan fingerprint density at radius 2 is 1.18 bits per heavy atom. The van der Waals surface area contributed by atoms with E-state index in [1.165, 1.54) is 0 Å². The summed E-state index contributed by atoms with van der Waals surface area (Å²) in [7, 11) is 9.56. The molecule has 0 unspecified atom stereocenters. The van der Waals surface area contributed by atoms with Crippen LogP contribution < -0.4 is 33.7 Å². The van der Waals surface area contributed by atoms with Gasteiger partial charge < -0.3 is 43.5 Å². The monoisotopic (exact) mass is 545 g/mol. The van der Waals surface area contributed by atoms with Crippen molar-refractivity contribution in [3.63, 3.8) is 0 Å². The van der Waals surface area contributed by atoms with Gasteiger partial charge in [-0.2, -0.15) is 0 Å². The van der Waals surface area contributed by atoms with E-state index in [9.17, 15) is 4.79 Å². The Hall–Kier alpha value is -3.37. The number of methoxy groups -OCH3 is 6. The van der Waals surface area contributed by atoms with Gasteiger partial charge in [0.2, 0.25) is 17.4 Å². The summed E-state index contributed by atoms with van der Waals surface area (Å²) in [5.74, 6) is 3.46. The Morgan fingerprint density at radius 1 is 0.692 bits per heavy atom. The molecule has 0 saturated carbocycles. The third kappa shape index (κ3) is 8.31. The fourth-order valence-corrected chi connectivity index (χ4v) is 4.88. The Morgan fingerprint density at radius 3 is 1.67 bits per heavy atom. The molecule has 0 aliphatic carbocycles. The first kappa shape index (κ1) is 30.2. The maximum atomic E-state index is 12.6. The van der Waals surface area contributed by atoms with E-state index in [-0.39, 0.29) is 5.91 Å². The highest BCUT2D eigenvalue weighted by Gasteiger charge is 2.18. The van der Waals surface area contributed by atoms with Crippen LogP contribution in [0.25, 0.3) is 0 Å². The third-order valence-electron chi connectivity index (χ3n) is 6.95. The van der Waals surface area contributed by atoms with E-state index in [2.05, 4.69) is 15.1 Å².